The zero-order valence-electron chi connectivity index (χ0n) is 12.8. The lowest BCUT2D eigenvalue weighted by molar-refractivity contribution is -0.162. The Morgan fingerprint density at radius 3 is 2.16 bits per heavy atom. The minimum absolute atomic E-state index is 0. The molecule has 19 heavy (non-hydrogen) atoms. The third kappa shape index (κ3) is 3.01. The molecule has 0 aromatic heterocycles. The summed E-state index contributed by atoms with van der Waals surface area (Å²) in [5.74, 6) is 1.07. The number of hydrogen-bond acceptors (Lipinski definition) is 2. The third-order valence-corrected chi connectivity index (χ3v) is 4.47. The van der Waals surface area contributed by atoms with Crippen LogP contribution in [-0.2, 0) is 4.74 Å². The van der Waals surface area contributed by atoms with Crippen LogP contribution in [0.4, 0.5) is 0 Å². The first-order chi connectivity index (χ1) is 8.51. The van der Waals surface area contributed by atoms with Crippen LogP contribution in [-0.4, -0.2) is 62.7 Å². The molecule has 1 spiro atoms. The second kappa shape index (κ2) is 6.61. The lowest BCUT2D eigenvalue weighted by Gasteiger charge is -2.59. The van der Waals surface area contributed by atoms with Gasteiger partial charge in [0.05, 0.1) is 12.1 Å². The quantitative estimate of drug-likeness (QED) is 0.427. The molecule has 2 rings (SSSR count). The number of aliphatic imine (C=N–C) groups is 1. The van der Waals surface area contributed by atoms with Crippen molar-refractivity contribution in [1.82, 2.24) is 9.80 Å². The summed E-state index contributed by atoms with van der Waals surface area (Å²) < 4.78 is 5.87. The number of halogens is 1. The van der Waals surface area contributed by atoms with E-state index < -0.39 is 0 Å². The van der Waals surface area contributed by atoms with Gasteiger partial charge in [-0.3, -0.25) is 0 Å². The van der Waals surface area contributed by atoms with Crippen molar-refractivity contribution in [1.29, 1.82) is 0 Å². The first kappa shape index (κ1) is 17.0. The number of rotatable bonds is 3. The number of guanidine groups is 1. The second-order valence-corrected chi connectivity index (χ2v) is 6.00. The van der Waals surface area contributed by atoms with Gasteiger partial charge in [-0.05, 0) is 26.2 Å². The van der Waals surface area contributed by atoms with Crippen LogP contribution in [0.15, 0.2) is 4.99 Å². The fraction of sp³-hybridized carbons (Fsp3) is 0.929. The molecule has 0 aliphatic heterocycles. The summed E-state index contributed by atoms with van der Waals surface area (Å²) in [5.41, 5.74) is 0.368. The number of ether oxygens (including phenoxy) is 1. The Morgan fingerprint density at radius 1 is 1.21 bits per heavy atom. The first-order valence-electron chi connectivity index (χ1n) is 7.05. The zero-order chi connectivity index (χ0) is 13.3. The summed E-state index contributed by atoms with van der Waals surface area (Å²) in [6.45, 7) is 2.92. The molecular formula is C14H28IN3O. The molecule has 0 aromatic rings. The molecule has 2 unspecified atom stereocenters. The van der Waals surface area contributed by atoms with Crippen molar-refractivity contribution in [2.75, 3.05) is 34.8 Å². The predicted octanol–water partition coefficient (Wildman–Crippen LogP) is 2.43. The van der Waals surface area contributed by atoms with E-state index in [0.717, 1.165) is 19.0 Å². The molecule has 112 valence electrons. The molecule has 0 saturated heterocycles. The number of nitrogens with zero attached hydrogens (tertiary/aromatic N) is 3. The van der Waals surface area contributed by atoms with E-state index in [1.807, 2.05) is 0 Å². The smallest absolute Gasteiger partial charge is 0.195 e. The average molecular weight is 381 g/mol. The van der Waals surface area contributed by atoms with E-state index in [4.69, 9.17) is 9.73 Å². The van der Waals surface area contributed by atoms with Gasteiger partial charge in [0, 0.05) is 40.2 Å². The summed E-state index contributed by atoms with van der Waals surface area (Å²) in [6.07, 6.45) is 5.48. The van der Waals surface area contributed by atoms with Crippen molar-refractivity contribution in [2.45, 2.75) is 44.8 Å². The fourth-order valence-electron chi connectivity index (χ4n) is 3.35. The van der Waals surface area contributed by atoms with Gasteiger partial charge in [-0.1, -0.05) is 6.42 Å². The summed E-state index contributed by atoms with van der Waals surface area (Å²) in [5, 5.41) is 0. The number of hydrogen-bond donors (Lipinski definition) is 0. The lowest BCUT2D eigenvalue weighted by atomic mass is 9.51. The maximum atomic E-state index is 5.87. The van der Waals surface area contributed by atoms with E-state index >= 15 is 0 Å². The molecule has 0 bridgehead atoms. The molecule has 2 saturated carbocycles. The minimum Gasteiger partial charge on any atom is -0.378 e. The molecule has 0 N–H and O–H groups in total. The van der Waals surface area contributed by atoms with Crippen molar-refractivity contribution < 1.29 is 4.74 Å². The van der Waals surface area contributed by atoms with Crippen LogP contribution >= 0.6 is 24.0 Å². The maximum Gasteiger partial charge on any atom is 0.195 e. The van der Waals surface area contributed by atoms with Crippen LogP contribution in [0.2, 0.25) is 0 Å². The van der Waals surface area contributed by atoms with Crippen molar-refractivity contribution in [3.05, 3.63) is 0 Å². The van der Waals surface area contributed by atoms with E-state index in [9.17, 15) is 0 Å². The van der Waals surface area contributed by atoms with Crippen molar-refractivity contribution in [2.24, 2.45) is 10.4 Å². The normalized spacial score (nSPS) is 26.8. The Morgan fingerprint density at radius 2 is 1.79 bits per heavy atom. The van der Waals surface area contributed by atoms with Crippen LogP contribution < -0.4 is 0 Å². The maximum absolute atomic E-state index is 5.87. The molecule has 2 fully saturated rings. The molecule has 2 aliphatic carbocycles. The molecular weight excluding hydrogens is 353 g/mol. The van der Waals surface area contributed by atoms with Gasteiger partial charge in [-0.2, -0.15) is 0 Å². The van der Waals surface area contributed by atoms with E-state index in [2.05, 4.69) is 44.9 Å². The standard InChI is InChI=1S/C14H27N3O.HI/c1-6-18-12-10-11(14(12)8-7-9-14)15-13(16(2)3)17(4)5;/h11-12H,6-10H2,1-5H3;1H. The van der Waals surface area contributed by atoms with Crippen LogP contribution in [0.5, 0.6) is 0 Å². The molecule has 0 radical (unpaired) electrons. The SMILES string of the molecule is CCOC1CC(N=C(N(C)C)N(C)C)C12CCC2.I. The highest BCUT2D eigenvalue weighted by atomic mass is 127. The van der Waals surface area contributed by atoms with Crippen LogP contribution in [0, 0.1) is 5.41 Å². The topological polar surface area (TPSA) is 28.1 Å². The molecule has 5 heteroatoms. The highest BCUT2D eigenvalue weighted by Crippen LogP contribution is 2.58. The van der Waals surface area contributed by atoms with Gasteiger partial charge in [0.1, 0.15) is 0 Å². The monoisotopic (exact) mass is 381 g/mol. The second-order valence-electron chi connectivity index (χ2n) is 6.00. The Bertz CT molecular complexity index is 317. The van der Waals surface area contributed by atoms with Gasteiger partial charge in [0.2, 0.25) is 0 Å². The van der Waals surface area contributed by atoms with E-state index in [1.54, 1.807) is 0 Å². The highest BCUT2D eigenvalue weighted by Gasteiger charge is 2.59. The summed E-state index contributed by atoms with van der Waals surface area (Å²) in [4.78, 5) is 9.17. The van der Waals surface area contributed by atoms with Gasteiger partial charge < -0.3 is 14.5 Å². The molecule has 0 amide bonds. The van der Waals surface area contributed by atoms with Crippen molar-refractivity contribution in [3.63, 3.8) is 0 Å². The van der Waals surface area contributed by atoms with Gasteiger partial charge in [0.25, 0.3) is 0 Å². The molecule has 0 aromatic carbocycles. The van der Waals surface area contributed by atoms with Crippen LogP contribution in [0.25, 0.3) is 0 Å². The van der Waals surface area contributed by atoms with Gasteiger partial charge >= 0.3 is 0 Å². The van der Waals surface area contributed by atoms with Crippen LogP contribution in [0.1, 0.15) is 32.6 Å². The molecule has 2 atom stereocenters. The Balaban J connectivity index is 0.00000180. The Kier molecular flexibility index (Phi) is 5.92. The third-order valence-electron chi connectivity index (χ3n) is 4.47. The van der Waals surface area contributed by atoms with E-state index in [0.29, 0.717) is 17.6 Å². The first-order valence-corrected chi connectivity index (χ1v) is 7.05. The Labute approximate surface area is 134 Å². The lowest BCUT2D eigenvalue weighted by Crippen LogP contribution is -2.61. The molecule has 2 aliphatic rings. The zero-order valence-corrected chi connectivity index (χ0v) is 15.2. The molecule has 4 nitrogen and oxygen atoms in total. The summed E-state index contributed by atoms with van der Waals surface area (Å²) in [7, 11) is 8.24. The van der Waals surface area contributed by atoms with Crippen molar-refractivity contribution >= 4 is 29.9 Å². The summed E-state index contributed by atoms with van der Waals surface area (Å²) >= 11 is 0. The van der Waals surface area contributed by atoms with Crippen molar-refractivity contribution in [3.8, 4) is 0 Å². The predicted molar refractivity (Wildman–Crippen MR) is 90.3 cm³/mol. The summed E-state index contributed by atoms with van der Waals surface area (Å²) in [6, 6.07) is 0.461. The Hall–Kier alpha value is -0.0400. The van der Waals surface area contributed by atoms with Gasteiger partial charge in [-0.15, -0.1) is 24.0 Å². The minimum atomic E-state index is 0. The fourth-order valence-corrected chi connectivity index (χ4v) is 3.35. The largest absolute Gasteiger partial charge is 0.378 e. The van der Waals surface area contributed by atoms with Crippen LogP contribution in [0.3, 0.4) is 0 Å². The molecule has 0 heterocycles. The van der Waals surface area contributed by atoms with E-state index in [1.165, 1.54) is 19.3 Å². The average Bonchev–Trinajstić information content (AvgIpc) is 2.18. The van der Waals surface area contributed by atoms with Gasteiger partial charge in [0.15, 0.2) is 5.96 Å². The highest BCUT2D eigenvalue weighted by molar-refractivity contribution is 14.0. The van der Waals surface area contributed by atoms with Gasteiger partial charge in [-0.25, -0.2) is 4.99 Å². The van der Waals surface area contributed by atoms with E-state index in [-0.39, 0.29) is 24.0 Å².